The molecular weight excluding hydrogens is 282 g/mol. The first-order chi connectivity index (χ1) is 9.08. The van der Waals surface area contributed by atoms with Gasteiger partial charge in [0.25, 0.3) is 0 Å². The molecule has 0 fully saturated rings. The molecular formula is C13H19NO5S. The largest absolute Gasteiger partial charge is 0.479 e. The van der Waals surface area contributed by atoms with E-state index in [9.17, 15) is 13.2 Å². The Labute approximate surface area is 118 Å². The Morgan fingerprint density at radius 1 is 1.20 bits per heavy atom. The summed E-state index contributed by atoms with van der Waals surface area (Å²) in [5, 5.41) is 17.7. The number of rotatable bonds is 5. The highest BCUT2D eigenvalue weighted by molar-refractivity contribution is 7.89. The lowest BCUT2D eigenvalue weighted by Crippen LogP contribution is -2.37. The van der Waals surface area contributed by atoms with Gasteiger partial charge in [-0.1, -0.05) is 6.07 Å². The Kier molecular flexibility index (Phi) is 4.90. The van der Waals surface area contributed by atoms with Gasteiger partial charge in [0.2, 0.25) is 10.0 Å². The van der Waals surface area contributed by atoms with Gasteiger partial charge >= 0.3 is 5.97 Å². The summed E-state index contributed by atoms with van der Waals surface area (Å²) in [6.45, 7) is 6.46. The fraction of sp³-hybridized carbons (Fsp3) is 0.462. The molecule has 1 rings (SSSR count). The van der Waals surface area contributed by atoms with Gasteiger partial charge in [0.15, 0.2) is 6.10 Å². The molecule has 1 aromatic rings. The lowest BCUT2D eigenvalue weighted by molar-refractivity contribution is -0.146. The lowest BCUT2D eigenvalue weighted by atomic mass is 10.0. The van der Waals surface area contributed by atoms with Crippen molar-refractivity contribution in [3.63, 3.8) is 0 Å². The van der Waals surface area contributed by atoms with Crippen molar-refractivity contribution in [2.75, 3.05) is 6.54 Å². The molecule has 0 amide bonds. The van der Waals surface area contributed by atoms with Gasteiger partial charge in [-0.25, -0.2) is 17.9 Å². The normalized spacial score (nSPS) is 13.2. The Bertz CT molecular complexity index is 610. The standard InChI is InChI=1S/C13H19NO5S/c1-7-5-8(2)10(4)12(9(7)3)20(18,19)14-6-11(15)13(16)17/h5,11,14-15H,6H2,1-4H3,(H,16,17)/t11-/m0/s1. The zero-order valence-electron chi connectivity index (χ0n) is 11.9. The van der Waals surface area contributed by atoms with Gasteiger partial charge in [0, 0.05) is 6.54 Å². The minimum absolute atomic E-state index is 0.146. The number of nitrogens with one attached hydrogen (secondary N) is 1. The Morgan fingerprint density at radius 3 is 2.05 bits per heavy atom. The van der Waals surface area contributed by atoms with Crippen molar-refractivity contribution in [3.05, 3.63) is 28.3 Å². The van der Waals surface area contributed by atoms with Gasteiger partial charge in [-0.2, -0.15) is 0 Å². The van der Waals surface area contributed by atoms with Crippen molar-refractivity contribution in [2.24, 2.45) is 0 Å². The molecule has 0 saturated carbocycles. The minimum Gasteiger partial charge on any atom is -0.479 e. The zero-order valence-corrected chi connectivity index (χ0v) is 12.7. The third kappa shape index (κ3) is 3.36. The third-order valence-corrected chi connectivity index (χ3v) is 5.01. The number of sulfonamides is 1. The van der Waals surface area contributed by atoms with Crippen LogP contribution in [0.3, 0.4) is 0 Å². The number of benzene rings is 1. The topological polar surface area (TPSA) is 104 Å². The van der Waals surface area contributed by atoms with Crippen molar-refractivity contribution in [2.45, 2.75) is 38.7 Å². The average Bonchev–Trinajstić information content (AvgIpc) is 2.33. The third-order valence-electron chi connectivity index (χ3n) is 3.32. The molecule has 0 saturated heterocycles. The highest BCUT2D eigenvalue weighted by Crippen LogP contribution is 2.25. The smallest absolute Gasteiger partial charge is 0.333 e. The van der Waals surface area contributed by atoms with Crippen LogP contribution in [0, 0.1) is 27.7 Å². The predicted molar refractivity (Wildman–Crippen MR) is 74.2 cm³/mol. The van der Waals surface area contributed by atoms with Crippen LogP contribution >= 0.6 is 0 Å². The van der Waals surface area contributed by atoms with Crippen LogP contribution < -0.4 is 4.72 Å². The highest BCUT2D eigenvalue weighted by atomic mass is 32.2. The molecule has 7 heteroatoms. The van der Waals surface area contributed by atoms with E-state index < -0.39 is 28.6 Å². The number of carbonyl (C=O) groups is 1. The maximum absolute atomic E-state index is 12.3. The van der Waals surface area contributed by atoms with E-state index in [1.54, 1.807) is 13.8 Å². The number of aliphatic hydroxyl groups excluding tert-OH is 1. The van der Waals surface area contributed by atoms with Gasteiger partial charge in [0.1, 0.15) is 0 Å². The van der Waals surface area contributed by atoms with Crippen LogP contribution in [-0.2, 0) is 14.8 Å². The summed E-state index contributed by atoms with van der Waals surface area (Å²) >= 11 is 0. The van der Waals surface area contributed by atoms with Crippen LogP contribution in [0.4, 0.5) is 0 Å². The van der Waals surface area contributed by atoms with Crippen LogP contribution in [0.25, 0.3) is 0 Å². The molecule has 20 heavy (non-hydrogen) atoms. The Hall–Kier alpha value is -1.44. The Balaban J connectivity index is 3.20. The number of carboxylic acid groups (broad SMARTS) is 1. The fourth-order valence-electron chi connectivity index (χ4n) is 1.93. The van der Waals surface area contributed by atoms with Crippen LogP contribution in [-0.4, -0.2) is 37.2 Å². The van der Waals surface area contributed by atoms with E-state index >= 15 is 0 Å². The summed E-state index contributed by atoms with van der Waals surface area (Å²) in [5.74, 6) is -1.47. The summed E-state index contributed by atoms with van der Waals surface area (Å²) in [7, 11) is -3.87. The van der Waals surface area contributed by atoms with Crippen molar-refractivity contribution in [3.8, 4) is 0 Å². The number of hydrogen-bond donors (Lipinski definition) is 3. The summed E-state index contributed by atoms with van der Waals surface area (Å²) in [4.78, 5) is 10.7. The average molecular weight is 301 g/mol. The molecule has 1 aromatic carbocycles. The summed E-state index contributed by atoms with van der Waals surface area (Å²) in [6, 6.07) is 1.90. The van der Waals surface area contributed by atoms with Crippen LogP contribution in [0.5, 0.6) is 0 Å². The van der Waals surface area contributed by atoms with E-state index in [-0.39, 0.29) is 4.90 Å². The molecule has 6 nitrogen and oxygen atoms in total. The number of aryl methyl sites for hydroxylation is 2. The molecule has 3 N–H and O–H groups in total. The number of hydrogen-bond acceptors (Lipinski definition) is 4. The van der Waals surface area contributed by atoms with Crippen LogP contribution in [0.2, 0.25) is 0 Å². The van der Waals surface area contributed by atoms with Gasteiger partial charge in [0.05, 0.1) is 4.90 Å². The fourth-order valence-corrected chi connectivity index (χ4v) is 3.58. The van der Waals surface area contributed by atoms with Gasteiger partial charge in [-0.15, -0.1) is 0 Å². The van der Waals surface area contributed by atoms with Crippen molar-refractivity contribution < 1.29 is 23.4 Å². The number of carboxylic acids is 1. The van der Waals surface area contributed by atoms with Crippen LogP contribution in [0.15, 0.2) is 11.0 Å². The molecule has 1 atom stereocenters. The SMILES string of the molecule is Cc1cc(C)c(C)c(S(=O)(=O)NC[C@H](O)C(=O)O)c1C. The Morgan fingerprint density at radius 2 is 1.65 bits per heavy atom. The van der Waals surface area contributed by atoms with Crippen molar-refractivity contribution in [1.82, 2.24) is 4.72 Å². The van der Waals surface area contributed by atoms with Gasteiger partial charge in [-0.3, -0.25) is 0 Å². The molecule has 112 valence electrons. The summed E-state index contributed by atoms with van der Waals surface area (Å²) in [5.41, 5.74) is 2.91. The van der Waals surface area contributed by atoms with Crippen molar-refractivity contribution >= 4 is 16.0 Å². The lowest BCUT2D eigenvalue weighted by Gasteiger charge is -2.16. The second kappa shape index (κ2) is 5.90. The summed E-state index contributed by atoms with van der Waals surface area (Å²) < 4.78 is 26.7. The first kappa shape index (κ1) is 16.6. The predicted octanol–water partition coefficient (Wildman–Crippen LogP) is 0.644. The highest BCUT2D eigenvalue weighted by Gasteiger charge is 2.24. The van der Waals surface area contributed by atoms with Crippen LogP contribution in [0.1, 0.15) is 22.3 Å². The maximum atomic E-state index is 12.3. The van der Waals surface area contributed by atoms with Gasteiger partial charge in [-0.05, 0) is 49.9 Å². The first-order valence-corrected chi connectivity index (χ1v) is 7.54. The van der Waals surface area contributed by atoms with Gasteiger partial charge < -0.3 is 10.2 Å². The second-order valence-corrected chi connectivity index (χ2v) is 6.50. The molecule has 0 spiro atoms. The van der Waals surface area contributed by atoms with Crippen molar-refractivity contribution in [1.29, 1.82) is 0 Å². The molecule has 0 aliphatic rings. The molecule has 0 aromatic heterocycles. The first-order valence-electron chi connectivity index (χ1n) is 6.06. The van der Waals surface area contributed by atoms with E-state index in [0.29, 0.717) is 11.1 Å². The monoisotopic (exact) mass is 301 g/mol. The maximum Gasteiger partial charge on any atom is 0.333 e. The number of aliphatic carboxylic acids is 1. The number of aliphatic hydroxyl groups is 1. The molecule has 0 heterocycles. The zero-order chi connectivity index (χ0) is 15.7. The van der Waals surface area contributed by atoms with E-state index in [1.165, 1.54) is 0 Å². The summed E-state index contributed by atoms with van der Waals surface area (Å²) in [6.07, 6.45) is -1.77. The molecule has 0 unspecified atom stereocenters. The van der Waals surface area contributed by atoms with E-state index in [1.807, 2.05) is 19.9 Å². The quantitative estimate of drug-likeness (QED) is 0.740. The second-order valence-electron chi connectivity index (χ2n) is 4.80. The minimum atomic E-state index is -3.87. The molecule has 0 bridgehead atoms. The van der Waals surface area contributed by atoms with E-state index in [4.69, 9.17) is 10.2 Å². The van der Waals surface area contributed by atoms with E-state index in [2.05, 4.69) is 4.72 Å². The molecule has 0 aliphatic heterocycles. The molecule has 0 aliphatic carbocycles. The molecule has 0 radical (unpaired) electrons. The van der Waals surface area contributed by atoms with E-state index in [0.717, 1.165) is 11.1 Å².